The molecule has 3 aromatic heterocycles. The first-order valence-electron chi connectivity index (χ1n) is 6.58. The minimum atomic E-state index is -0.990. The Morgan fingerprint density at radius 3 is 2.57 bits per heavy atom. The molecule has 0 saturated heterocycles. The van der Waals surface area contributed by atoms with E-state index < -0.39 is 11.9 Å². The van der Waals surface area contributed by atoms with Gasteiger partial charge >= 0.3 is 6.03 Å². The van der Waals surface area contributed by atoms with Crippen LogP contribution in [0.3, 0.4) is 0 Å². The van der Waals surface area contributed by atoms with Gasteiger partial charge in [0.25, 0.3) is 5.91 Å². The van der Waals surface area contributed by atoms with E-state index in [9.17, 15) is 14.4 Å². The summed E-state index contributed by atoms with van der Waals surface area (Å²) < 4.78 is 1.54. The van der Waals surface area contributed by atoms with E-state index in [2.05, 4.69) is 0 Å². The van der Waals surface area contributed by atoms with Crippen molar-refractivity contribution >= 4 is 40.3 Å². The summed E-state index contributed by atoms with van der Waals surface area (Å²) in [4.78, 5) is 36.3. The lowest BCUT2D eigenvalue weighted by atomic mass is 10.1. The maximum atomic E-state index is 12.7. The van der Waals surface area contributed by atoms with Gasteiger partial charge in [-0.1, -0.05) is 12.1 Å². The molecule has 8 heteroatoms. The molecule has 0 aromatic carbocycles. The standard InChI is InChI=1S/C15H12N4O3S/c16-11-10(14(21)18-15(17)22)8-4-1-2-6-19(8)12(11)13(20)9-5-3-7-23-9/h1-7H,16H2,(H3,17,18,21,22). The van der Waals surface area contributed by atoms with Crippen LogP contribution < -0.4 is 16.8 Å². The van der Waals surface area contributed by atoms with Crippen LogP contribution in [0.4, 0.5) is 10.5 Å². The van der Waals surface area contributed by atoms with Crippen LogP contribution in [0.5, 0.6) is 0 Å². The van der Waals surface area contributed by atoms with E-state index in [0.29, 0.717) is 10.4 Å². The highest BCUT2D eigenvalue weighted by molar-refractivity contribution is 7.12. The molecule has 0 radical (unpaired) electrons. The molecule has 0 saturated carbocycles. The number of pyridine rings is 1. The van der Waals surface area contributed by atoms with Crippen LogP contribution in [-0.2, 0) is 0 Å². The van der Waals surface area contributed by atoms with Crippen molar-refractivity contribution in [2.24, 2.45) is 5.73 Å². The second kappa shape index (κ2) is 5.58. The lowest BCUT2D eigenvalue weighted by Crippen LogP contribution is -2.35. The lowest BCUT2D eigenvalue weighted by Gasteiger charge is -2.01. The number of aromatic nitrogens is 1. The first kappa shape index (κ1) is 14.8. The number of carbonyl (C=O) groups is 3. The zero-order valence-electron chi connectivity index (χ0n) is 11.8. The Balaban J connectivity index is 2.23. The maximum Gasteiger partial charge on any atom is 0.319 e. The largest absolute Gasteiger partial charge is 0.396 e. The molecule has 0 bridgehead atoms. The molecule has 3 amide bonds. The average molecular weight is 328 g/mol. The third-order valence-electron chi connectivity index (χ3n) is 3.31. The zero-order valence-corrected chi connectivity index (χ0v) is 12.6. The molecular formula is C15H12N4O3S. The Morgan fingerprint density at radius 2 is 1.91 bits per heavy atom. The van der Waals surface area contributed by atoms with E-state index >= 15 is 0 Å². The number of rotatable bonds is 3. The summed E-state index contributed by atoms with van der Waals surface area (Å²) in [6.45, 7) is 0. The number of nitrogens with two attached hydrogens (primary N) is 2. The molecule has 0 aliphatic rings. The molecule has 3 rings (SSSR count). The highest BCUT2D eigenvalue weighted by atomic mass is 32.1. The number of anilines is 1. The van der Waals surface area contributed by atoms with E-state index in [1.807, 2.05) is 5.32 Å². The van der Waals surface area contributed by atoms with Crippen molar-refractivity contribution < 1.29 is 14.4 Å². The summed E-state index contributed by atoms with van der Waals surface area (Å²) in [5.74, 6) is -1.04. The van der Waals surface area contributed by atoms with Gasteiger partial charge in [-0.25, -0.2) is 4.79 Å². The molecule has 0 unspecified atom stereocenters. The fourth-order valence-electron chi connectivity index (χ4n) is 2.40. The number of hydrogen-bond donors (Lipinski definition) is 3. The smallest absolute Gasteiger partial charge is 0.319 e. The summed E-state index contributed by atoms with van der Waals surface area (Å²) in [7, 11) is 0. The predicted molar refractivity (Wildman–Crippen MR) is 86.6 cm³/mol. The molecule has 0 atom stereocenters. The summed E-state index contributed by atoms with van der Waals surface area (Å²) in [5, 5.41) is 3.75. The highest BCUT2D eigenvalue weighted by Gasteiger charge is 2.26. The molecule has 0 fully saturated rings. The van der Waals surface area contributed by atoms with E-state index in [4.69, 9.17) is 11.5 Å². The van der Waals surface area contributed by atoms with Crippen LogP contribution in [0.2, 0.25) is 0 Å². The average Bonchev–Trinajstić information content (AvgIpc) is 3.11. The van der Waals surface area contributed by atoms with Gasteiger partial charge in [0, 0.05) is 6.20 Å². The Bertz CT molecular complexity index is 928. The number of nitrogen functional groups attached to an aromatic ring is 1. The fourth-order valence-corrected chi connectivity index (χ4v) is 3.06. The summed E-state index contributed by atoms with van der Waals surface area (Å²) in [6, 6.07) is 7.50. The summed E-state index contributed by atoms with van der Waals surface area (Å²) in [6.07, 6.45) is 1.63. The SMILES string of the molecule is NC(=O)NC(=O)c1c(N)c(C(=O)c2cccs2)n2ccccc12. The number of ketones is 1. The van der Waals surface area contributed by atoms with Crippen molar-refractivity contribution in [3.8, 4) is 0 Å². The second-order valence-corrected chi connectivity index (χ2v) is 5.67. The predicted octanol–water partition coefficient (Wildman–Crippen LogP) is 1.62. The summed E-state index contributed by atoms with van der Waals surface area (Å²) >= 11 is 1.28. The van der Waals surface area contributed by atoms with Gasteiger partial charge in [0.1, 0.15) is 5.69 Å². The van der Waals surface area contributed by atoms with E-state index in [1.165, 1.54) is 15.7 Å². The molecule has 116 valence electrons. The van der Waals surface area contributed by atoms with Crippen molar-refractivity contribution in [1.29, 1.82) is 0 Å². The molecule has 0 aliphatic heterocycles. The third kappa shape index (κ3) is 2.44. The van der Waals surface area contributed by atoms with Gasteiger partial charge in [0.15, 0.2) is 0 Å². The number of fused-ring (bicyclic) bond motifs is 1. The lowest BCUT2D eigenvalue weighted by molar-refractivity contribution is 0.0968. The van der Waals surface area contributed by atoms with Crippen LogP contribution in [0, 0.1) is 0 Å². The molecule has 3 aromatic rings. The zero-order chi connectivity index (χ0) is 16.6. The van der Waals surface area contributed by atoms with E-state index in [-0.39, 0.29) is 22.7 Å². The van der Waals surface area contributed by atoms with Gasteiger partial charge in [0.2, 0.25) is 5.78 Å². The topological polar surface area (TPSA) is 120 Å². The van der Waals surface area contributed by atoms with E-state index in [0.717, 1.165) is 0 Å². The monoisotopic (exact) mass is 328 g/mol. The van der Waals surface area contributed by atoms with Crippen molar-refractivity contribution in [2.75, 3.05) is 5.73 Å². The van der Waals surface area contributed by atoms with Crippen LogP contribution in [0.15, 0.2) is 41.9 Å². The molecule has 0 aliphatic carbocycles. The van der Waals surface area contributed by atoms with Crippen molar-refractivity contribution in [3.05, 3.63) is 58.0 Å². The van der Waals surface area contributed by atoms with Gasteiger partial charge in [-0.3, -0.25) is 14.9 Å². The summed E-state index contributed by atoms with van der Waals surface area (Å²) in [5.41, 5.74) is 11.7. The first-order chi connectivity index (χ1) is 11.0. The van der Waals surface area contributed by atoms with Crippen molar-refractivity contribution in [1.82, 2.24) is 9.72 Å². The number of thiophene rings is 1. The van der Waals surface area contributed by atoms with Crippen LogP contribution >= 0.6 is 11.3 Å². The van der Waals surface area contributed by atoms with Crippen LogP contribution in [0.25, 0.3) is 5.52 Å². The van der Waals surface area contributed by atoms with E-state index in [1.54, 1.807) is 41.9 Å². The number of hydrogen-bond acceptors (Lipinski definition) is 5. The Labute approximate surface area is 134 Å². The van der Waals surface area contributed by atoms with Gasteiger partial charge in [-0.15, -0.1) is 11.3 Å². The fraction of sp³-hybridized carbons (Fsp3) is 0. The maximum absolute atomic E-state index is 12.7. The molecule has 7 nitrogen and oxygen atoms in total. The number of amides is 3. The molecule has 23 heavy (non-hydrogen) atoms. The first-order valence-corrected chi connectivity index (χ1v) is 7.46. The normalized spacial score (nSPS) is 10.6. The van der Waals surface area contributed by atoms with Crippen LogP contribution in [-0.4, -0.2) is 22.1 Å². The molecule has 0 spiro atoms. The number of urea groups is 1. The minimum absolute atomic E-state index is 0.00773. The Hall–Kier alpha value is -3.13. The Morgan fingerprint density at radius 1 is 1.13 bits per heavy atom. The number of nitrogens with one attached hydrogen (secondary N) is 1. The van der Waals surface area contributed by atoms with Crippen molar-refractivity contribution in [3.63, 3.8) is 0 Å². The van der Waals surface area contributed by atoms with Gasteiger partial charge in [0.05, 0.1) is 21.6 Å². The van der Waals surface area contributed by atoms with Gasteiger partial charge in [-0.05, 0) is 23.6 Å². The van der Waals surface area contributed by atoms with Crippen LogP contribution in [0.1, 0.15) is 25.7 Å². The Kier molecular flexibility index (Phi) is 3.59. The molecular weight excluding hydrogens is 316 g/mol. The number of imide groups is 1. The second-order valence-electron chi connectivity index (χ2n) is 4.72. The number of nitrogens with zero attached hydrogens (tertiary/aromatic N) is 1. The third-order valence-corrected chi connectivity index (χ3v) is 4.17. The van der Waals surface area contributed by atoms with Gasteiger partial charge in [-0.2, -0.15) is 0 Å². The highest BCUT2D eigenvalue weighted by Crippen LogP contribution is 2.29. The molecule has 5 N–H and O–H groups in total. The minimum Gasteiger partial charge on any atom is -0.396 e. The van der Waals surface area contributed by atoms with Crippen molar-refractivity contribution in [2.45, 2.75) is 0 Å². The molecule has 3 heterocycles. The quantitative estimate of drug-likeness (QED) is 0.633. The number of primary amides is 1. The van der Waals surface area contributed by atoms with Gasteiger partial charge < -0.3 is 15.9 Å². The number of carbonyl (C=O) groups excluding carboxylic acids is 3.